The molecule has 0 saturated heterocycles. The number of nitrogens with two attached hydrogens (primary N) is 1. The number of nitrogens with zero attached hydrogens (tertiary/aromatic N) is 2. The van der Waals surface area contributed by atoms with E-state index in [0.717, 1.165) is 35.9 Å². The lowest BCUT2D eigenvalue weighted by atomic mass is 10.1. The standard InChI is InChI=1S/C15H22N4/c1-5-8-19-15(14(16)12(4)18-19)17-13-7-6-10(2)9-11(13)3/h6-7,9,17H,5,8,16H2,1-4H3. The molecule has 2 aromatic rings. The molecule has 0 aliphatic rings. The van der Waals surface area contributed by atoms with E-state index in [9.17, 15) is 0 Å². The third-order valence-corrected chi connectivity index (χ3v) is 3.24. The van der Waals surface area contributed by atoms with E-state index in [1.165, 1.54) is 11.1 Å². The molecule has 0 saturated carbocycles. The molecule has 0 atom stereocenters. The largest absolute Gasteiger partial charge is 0.394 e. The summed E-state index contributed by atoms with van der Waals surface area (Å²) < 4.78 is 1.95. The van der Waals surface area contributed by atoms with E-state index >= 15 is 0 Å². The van der Waals surface area contributed by atoms with Crippen molar-refractivity contribution in [2.24, 2.45) is 0 Å². The maximum Gasteiger partial charge on any atom is 0.152 e. The van der Waals surface area contributed by atoms with E-state index in [4.69, 9.17) is 5.73 Å². The molecule has 4 nitrogen and oxygen atoms in total. The molecule has 0 fully saturated rings. The molecule has 4 heteroatoms. The van der Waals surface area contributed by atoms with Gasteiger partial charge >= 0.3 is 0 Å². The van der Waals surface area contributed by atoms with Crippen LogP contribution in [0, 0.1) is 20.8 Å². The van der Waals surface area contributed by atoms with Crippen molar-refractivity contribution in [3.8, 4) is 0 Å². The van der Waals surface area contributed by atoms with E-state index in [-0.39, 0.29) is 0 Å². The van der Waals surface area contributed by atoms with Crippen molar-refractivity contribution in [1.82, 2.24) is 9.78 Å². The Balaban J connectivity index is 2.37. The zero-order chi connectivity index (χ0) is 14.0. The Morgan fingerprint density at radius 3 is 2.63 bits per heavy atom. The lowest BCUT2D eigenvalue weighted by Gasteiger charge is -2.12. The van der Waals surface area contributed by atoms with Crippen LogP contribution in [0.1, 0.15) is 30.2 Å². The van der Waals surface area contributed by atoms with Gasteiger partial charge in [-0.05, 0) is 38.8 Å². The van der Waals surface area contributed by atoms with Crippen LogP contribution in [0.25, 0.3) is 0 Å². The second-order valence-electron chi connectivity index (χ2n) is 5.01. The van der Waals surface area contributed by atoms with Crippen LogP contribution in [-0.4, -0.2) is 9.78 Å². The van der Waals surface area contributed by atoms with Crippen LogP contribution in [0.3, 0.4) is 0 Å². The van der Waals surface area contributed by atoms with Crippen LogP contribution < -0.4 is 11.1 Å². The number of benzene rings is 1. The van der Waals surface area contributed by atoms with E-state index < -0.39 is 0 Å². The number of anilines is 3. The fourth-order valence-electron chi connectivity index (χ4n) is 2.18. The third kappa shape index (κ3) is 2.72. The Labute approximate surface area is 114 Å². The fourth-order valence-corrected chi connectivity index (χ4v) is 2.18. The van der Waals surface area contributed by atoms with Gasteiger partial charge in [0, 0.05) is 12.2 Å². The first kappa shape index (κ1) is 13.5. The first-order valence-electron chi connectivity index (χ1n) is 6.70. The molecule has 0 amide bonds. The highest BCUT2D eigenvalue weighted by Gasteiger charge is 2.12. The van der Waals surface area contributed by atoms with Crippen molar-refractivity contribution in [2.45, 2.75) is 40.7 Å². The van der Waals surface area contributed by atoms with E-state index in [2.05, 4.69) is 49.4 Å². The smallest absolute Gasteiger partial charge is 0.152 e. The summed E-state index contributed by atoms with van der Waals surface area (Å²) in [6.07, 6.45) is 1.03. The second-order valence-corrected chi connectivity index (χ2v) is 5.01. The maximum absolute atomic E-state index is 6.12. The van der Waals surface area contributed by atoms with Crippen molar-refractivity contribution < 1.29 is 0 Å². The number of nitrogens with one attached hydrogen (secondary N) is 1. The Bertz CT molecular complexity index is 584. The lowest BCUT2D eigenvalue weighted by Crippen LogP contribution is -2.06. The molecule has 0 aliphatic carbocycles. The summed E-state index contributed by atoms with van der Waals surface area (Å²) in [5.74, 6) is 0.895. The van der Waals surface area contributed by atoms with Gasteiger partial charge in [-0.1, -0.05) is 24.6 Å². The number of hydrogen-bond acceptors (Lipinski definition) is 3. The molecule has 0 spiro atoms. The Hall–Kier alpha value is -1.97. The number of rotatable bonds is 4. The normalized spacial score (nSPS) is 10.7. The van der Waals surface area contributed by atoms with Gasteiger partial charge in [0.05, 0.1) is 11.4 Å². The number of nitrogen functional groups attached to an aromatic ring is 1. The van der Waals surface area contributed by atoms with E-state index in [0.29, 0.717) is 0 Å². The molecule has 2 rings (SSSR count). The van der Waals surface area contributed by atoms with Gasteiger partial charge in [0.25, 0.3) is 0 Å². The van der Waals surface area contributed by atoms with Crippen LogP contribution in [-0.2, 0) is 6.54 Å². The van der Waals surface area contributed by atoms with E-state index in [1.54, 1.807) is 0 Å². The predicted octanol–water partition coefficient (Wildman–Crippen LogP) is 3.54. The molecule has 19 heavy (non-hydrogen) atoms. The quantitative estimate of drug-likeness (QED) is 0.881. The summed E-state index contributed by atoms with van der Waals surface area (Å²) >= 11 is 0. The summed E-state index contributed by atoms with van der Waals surface area (Å²) in [4.78, 5) is 0. The monoisotopic (exact) mass is 258 g/mol. The first-order valence-corrected chi connectivity index (χ1v) is 6.70. The number of aryl methyl sites for hydroxylation is 4. The lowest BCUT2D eigenvalue weighted by molar-refractivity contribution is 0.605. The van der Waals surface area contributed by atoms with Crippen molar-refractivity contribution >= 4 is 17.2 Å². The molecule has 0 aliphatic heterocycles. The summed E-state index contributed by atoms with van der Waals surface area (Å²) in [7, 11) is 0. The van der Waals surface area contributed by atoms with Gasteiger partial charge in [-0.2, -0.15) is 5.10 Å². The molecular weight excluding hydrogens is 236 g/mol. The van der Waals surface area contributed by atoms with E-state index in [1.807, 2.05) is 11.6 Å². The van der Waals surface area contributed by atoms with Gasteiger partial charge in [-0.25, -0.2) is 4.68 Å². The Morgan fingerprint density at radius 2 is 2.00 bits per heavy atom. The second kappa shape index (κ2) is 5.34. The van der Waals surface area contributed by atoms with Crippen molar-refractivity contribution in [1.29, 1.82) is 0 Å². The minimum atomic E-state index is 0.730. The summed E-state index contributed by atoms with van der Waals surface area (Å²) in [5.41, 5.74) is 11.3. The topological polar surface area (TPSA) is 55.9 Å². The van der Waals surface area contributed by atoms with Gasteiger partial charge in [0.1, 0.15) is 0 Å². The average molecular weight is 258 g/mol. The van der Waals surface area contributed by atoms with Crippen molar-refractivity contribution in [3.63, 3.8) is 0 Å². The molecule has 1 aromatic carbocycles. The zero-order valence-corrected chi connectivity index (χ0v) is 12.1. The predicted molar refractivity (Wildman–Crippen MR) is 80.9 cm³/mol. The average Bonchev–Trinajstić information content (AvgIpc) is 2.61. The molecule has 0 unspecified atom stereocenters. The highest BCUT2D eigenvalue weighted by molar-refractivity contribution is 5.72. The highest BCUT2D eigenvalue weighted by atomic mass is 15.3. The van der Waals surface area contributed by atoms with Gasteiger partial charge in [-0.15, -0.1) is 0 Å². The van der Waals surface area contributed by atoms with Crippen LogP contribution in [0.2, 0.25) is 0 Å². The van der Waals surface area contributed by atoms with Crippen molar-refractivity contribution in [2.75, 3.05) is 11.1 Å². The van der Waals surface area contributed by atoms with Crippen LogP contribution in [0.5, 0.6) is 0 Å². The fraction of sp³-hybridized carbons (Fsp3) is 0.400. The molecule has 1 heterocycles. The minimum Gasteiger partial charge on any atom is -0.394 e. The van der Waals surface area contributed by atoms with Gasteiger partial charge in [0.15, 0.2) is 5.82 Å². The van der Waals surface area contributed by atoms with Gasteiger partial charge in [-0.3, -0.25) is 0 Å². The molecule has 0 bridgehead atoms. The highest BCUT2D eigenvalue weighted by Crippen LogP contribution is 2.28. The SMILES string of the molecule is CCCn1nc(C)c(N)c1Nc1ccc(C)cc1C. The molecule has 0 radical (unpaired) electrons. The van der Waals surface area contributed by atoms with Crippen molar-refractivity contribution in [3.05, 3.63) is 35.0 Å². The number of hydrogen-bond donors (Lipinski definition) is 2. The molecule has 3 N–H and O–H groups in total. The number of aromatic nitrogens is 2. The zero-order valence-electron chi connectivity index (χ0n) is 12.1. The first-order chi connectivity index (χ1) is 9.02. The molecule has 1 aromatic heterocycles. The summed E-state index contributed by atoms with van der Waals surface area (Å²) in [6, 6.07) is 6.34. The summed E-state index contributed by atoms with van der Waals surface area (Å²) in [5, 5.41) is 7.89. The third-order valence-electron chi connectivity index (χ3n) is 3.24. The maximum atomic E-state index is 6.12. The molecule has 102 valence electrons. The van der Waals surface area contributed by atoms with Gasteiger partial charge < -0.3 is 11.1 Å². The molecular formula is C15H22N4. The Morgan fingerprint density at radius 1 is 1.26 bits per heavy atom. The minimum absolute atomic E-state index is 0.730. The Kier molecular flexibility index (Phi) is 3.79. The summed E-state index contributed by atoms with van der Waals surface area (Å²) in [6.45, 7) is 9.13. The van der Waals surface area contributed by atoms with Crippen LogP contribution in [0.15, 0.2) is 18.2 Å². The van der Waals surface area contributed by atoms with Crippen LogP contribution >= 0.6 is 0 Å². The van der Waals surface area contributed by atoms with Crippen LogP contribution in [0.4, 0.5) is 17.2 Å². The van der Waals surface area contributed by atoms with Gasteiger partial charge in [0.2, 0.25) is 0 Å².